The molecule has 2 unspecified atom stereocenters. The predicted octanol–water partition coefficient (Wildman–Crippen LogP) is 3.17. The number of hydrogen-bond acceptors (Lipinski definition) is 5. The van der Waals surface area contributed by atoms with Crippen molar-refractivity contribution in [3.05, 3.63) is 82.1 Å². The van der Waals surface area contributed by atoms with Gasteiger partial charge in [-0.05, 0) is 31.4 Å². The highest BCUT2D eigenvalue weighted by Crippen LogP contribution is 2.22. The number of nitrogens with one attached hydrogen (secondary N) is 2. The summed E-state index contributed by atoms with van der Waals surface area (Å²) in [6.45, 7) is 4.07. The van der Waals surface area contributed by atoms with E-state index in [-0.39, 0.29) is 17.6 Å². The van der Waals surface area contributed by atoms with Crippen LogP contribution in [0.25, 0.3) is 11.0 Å². The quantitative estimate of drug-likeness (QED) is 0.541. The molecule has 0 radical (unpaired) electrons. The van der Waals surface area contributed by atoms with E-state index in [2.05, 4.69) is 44.9 Å². The Morgan fingerprint density at radius 1 is 1.04 bits per heavy atom. The molecule has 7 heteroatoms. The van der Waals surface area contributed by atoms with Crippen LogP contribution in [-0.2, 0) is 6.42 Å². The standard InChI is InChI=1S/C21H22N6O/c1-14(13-16-9-5-3-6-10-16)22-20-18-19(21(28)25-24-20)27(26-23-18)15(2)17-11-7-4-8-12-17/h3-12,14-15H,13H2,1-2H3,(H,22,24)(H,25,28). The zero-order valence-corrected chi connectivity index (χ0v) is 15.8. The summed E-state index contributed by atoms with van der Waals surface area (Å²) < 4.78 is 1.65. The maximum atomic E-state index is 12.5. The Morgan fingerprint density at radius 3 is 2.43 bits per heavy atom. The first-order chi connectivity index (χ1) is 13.6. The average molecular weight is 374 g/mol. The number of H-pyrrole nitrogens is 1. The molecule has 0 aliphatic rings. The Labute approximate surface area is 162 Å². The maximum Gasteiger partial charge on any atom is 0.292 e. The lowest BCUT2D eigenvalue weighted by Gasteiger charge is -2.15. The molecule has 0 aliphatic heterocycles. The van der Waals surface area contributed by atoms with Crippen LogP contribution in [0.15, 0.2) is 65.5 Å². The maximum absolute atomic E-state index is 12.5. The van der Waals surface area contributed by atoms with E-state index in [1.165, 1.54) is 5.56 Å². The number of fused-ring (bicyclic) bond motifs is 1. The number of aromatic nitrogens is 5. The van der Waals surface area contributed by atoms with Crippen LogP contribution >= 0.6 is 0 Å². The van der Waals surface area contributed by atoms with Gasteiger partial charge in [0.2, 0.25) is 0 Å². The fraction of sp³-hybridized carbons (Fsp3) is 0.238. The number of hydrogen-bond donors (Lipinski definition) is 2. The molecule has 2 atom stereocenters. The lowest BCUT2D eigenvalue weighted by molar-refractivity contribution is 0.558. The highest BCUT2D eigenvalue weighted by Gasteiger charge is 2.20. The molecule has 2 aromatic heterocycles. The van der Waals surface area contributed by atoms with Crippen LogP contribution in [-0.4, -0.2) is 31.2 Å². The first-order valence-corrected chi connectivity index (χ1v) is 9.32. The minimum Gasteiger partial charge on any atom is -0.364 e. The van der Waals surface area contributed by atoms with Gasteiger partial charge in [0.25, 0.3) is 5.56 Å². The number of aromatic amines is 1. The fourth-order valence-electron chi connectivity index (χ4n) is 3.37. The molecular formula is C21H22N6O. The number of anilines is 1. The molecule has 2 N–H and O–H groups in total. The zero-order valence-electron chi connectivity index (χ0n) is 15.8. The topological polar surface area (TPSA) is 88.5 Å². The van der Waals surface area contributed by atoms with Gasteiger partial charge >= 0.3 is 0 Å². The molecule has 0 aliphatic carbocycles. The van der Waals surface area contributed by atoms with Gasteiger partial charge in [-0.2, -0.15) is 5.10 Å². The summed E-state index contributed by atoms with van der Waals surface area (Å²) in [6.07, 6.45) is 0.831. The summed E-state index contributed by atoms with van der Waals surface area (Å²) in [6, 6.07) is 20.1. The zero-order chi connectivity index (χ0) is 19.5. The number of nitrogens with zero attached hydrogens (tertiary/aromatic N) is 4. The Bertz CT molecular complexity index is 1120. The van der Waals surface area contributed by atoms with E-state index in [9.17, 15) is 4.79 Å². The van der Waals surface area contributed by atoms with E-state index < -0.39 is 0 Å². The van der Waals surface area contributed by atoms with E-state index in [1.807, 2.05) is 55.5 Å². The molecule has 4 rings (SSSR count). The van der Waals surface area contributed by atoms with Crippen molar-refractivity contribution < 1.29 is 0 Å². The molecule has 4 aromatic rings. The van der Waals surface area contributed by atoms with Gasteiger partial charge in [-0.3, -0.25) is 4.79 Å². The van der Waals surface area contributed by atoms with Crippen molar-refractivity contribution in [2.24, 2.45) is 0 Å². The Hall–Kier alpha value is -3.48. The molecule has 0 bridgehead atoms. The Morgan fingerprint density at radius 2 is 1.71 bits per heavy atom. The predicted molar refractivity (Wildman–Crippen MR) is 109 cm³/mol. The third kappa shape index (κ3) is 3.51. The summed E-state index contributed by atoms with van der Waals surface area (Å²) in [7, 11) is 0. The lowest BCUT2D eigenvalue weighted by Crippen LogP contribution is -2.22. The van der Waals surface area contributed by atoms with Crippen LogP contribution in [0.3, 0.4) is 0 Å². The highest BCUT2D eigenvalue weighted by molar-refractivity contribution is 5.84. The fourth-order valence-corrected chi connectivity index (χ4v) is 3.37. The average Bonchev–Trinajstić information content (AvgIpc) is 3.17. The minimum atomic E-state index is -0.302. The molecule has 2 heterocycles. The molecule has 0 saturated heterocycles. The molecule has 142 valence electrons. The van der Waals surface area contributed by atoms with E-state index >= 15 is 0 Å². The van der Waals surface area contributed by atoms with E-state index in [0.717, 1.165) is 12.0 Å². The van der Waals surface area contributed by atoms with Gasteiger partial charge in [0.1, 0.15) is 0 Å². The first-order valence-electron chi connectivity index (χ1n) is 9.32. The molecule has 0 spiro atoms. The van der Waals surface area contributed by atoms with Crippen molar-refractivity contribution in [2.75, 3.05) is 5.32 Å². The van der Waals surface area contributed by atoms with Crippen molar-refractivity contribution in [1.82, 2.24) is 25.2 Å². The highest BCUT2D eigenvalue weighted by atomic mass is 16.1. The summed E-state index contributed by atoms with van der Waals surface area (Å²) in [5.74, 6) is 0.532. The number of rotatable bonds is 6. The summed E-state index contributed by atoms with van der Waals surface area (Å²) in [5.41, 5.74) is 2.87. The SMILES string of the molecule is CC(Cc1ccccc1)Nc1n[nH]c(=O)c2c1nnn2C(C)c1ccccc1. The Balaban J connectivity index is 1.65. The first kappa shape index (κ1) is 17.9. The molecular weight excluding hydrogens is 352 g/mol. The van der Waals surface area contributed by atoms with Crippen LogP contribution in [0.1, 0.15) is 31.0 Å². The molecule has 0 fully saturated rings. The second-order valence-electron chi connectivity index (χ2n) is 6.95. The van der Waals surface area contributed by atoms with Gasteiger partial charge in [0, 0.05) is 6.04 Å². The van der Waals surface area contributed by atoms with Gasteiger partial charge in [-0.15, -0.1) is 5.10 Å². The van der Waals surface area contributed by atoms with Crippen LogP contribution in [0.2, 0.25) is 0 Å². The number of benzene rings is 2. The van der Waals surface area contributed by atoms with Gasteiger partial charge in [0.15, 0.2) is 16.9 Å². The summed E-state index contributed by atoms with van der Waals surface area (Å²) in [4.78, 5) is 12.5. The van der Waals surface area contributed by atoms with E-state index in [0.29, 0.717) is 16.9 Å². The molecule has 2 aromatic carbocycles. The molecule has 7 nitrogen and oxygen atoms in total. The van der Waals surface area contributed by atoms with Crippen molar-refractivity contribution >= 4 is 16.9 Å². The Kier molecular flexibility index (Phi) is 4.89. The normalized spacial score (nSPS) is 13.4. The van der Waals surface area contributed by atoms with Gasteiger partial charge in [-0.1, -0.05) is 65.9 Å². The van der Waals surface area contributed by atoms with E-state index in [4.69, 9.17) is 0 Å². The van der Waals surface area contributed by atoms with Crippen molar-refractivity contribution in [1.29, 1.82) is 0 Å². The molecule has 0 amide bonds. The van der Waals surface area contributed by atoms with Gasteiger partial charge < -0.3 is 5.32 Å². The minimum absolute atomic E-state index is 0.112. The largest absolute Gasteiger partial charge is 0.364 e. The van der Waals surface area contributed by atoms with Crippen LogP contribution in [0.4, 0.5) is 5.82 Å². The van der Waals surface area contributed by atoms with Crippen LogP contribution in [0, 0.1) is 0 Å². The summed E-state index contributed by atoms with van der Waals surface area (Å²) >= 11 is 0. The van der Waals surface area contributed by atoms with Crippen molar-refractivity contribution in [3.63, 3.8) is 0 Å². The molecule has 0 saturated carbocycles. The van der Waals surface area contributed by atoms with Gasteiger partial charge in [-0.25, -0.2) is 9.78 Å². The third-order valence-electron chi connectivity index (χ3n) is 4.82. The smallest absolute Gasteiger partial charge is 0.292 e. The lowest BCUT2D eigenvalue weighted by atomic mass is 10.1. The second kappa shape index (κ2) is 7.64. The van der Waals surface area contributed by atoms with E-state index in [1.54, 1.807) is 4.68 Å². The van der Waals surface area contributed by atoms with Crippen molar-refractivity contribution in [2.45, 2.75) is 32.4 Å². The summed E-state index contributed by atoms with van der Waals surface area (Å²) in [5, 5.41) is 18.6. The van der Waals surface area contributed by atoms with Crippen LogP contribution in [0.5, 0.6) is 0 Å². The van der Waals surface area contributed by atoms with Crippen LogP contribution < -0.4 is 10.9 Å². The van der Waals surface area contributed by atoms with Gasteiger partial charge in [0.05, 0.1) is 6.04 Å². The van der Waals surface area contributed by atoms with Crippen molar-refractivity contribution in [3.8, 4) is 0 Å². The second-order valence-corrected chi connectivity index (χ2v) is 6.95. The molecule has 28 heavy (non-hydrogen) atoms. The monoisotopic (exact) mass is 374 g/mol. The third-order valence-corrected chi connectivity index (χ3v) is 4.82.